The molecule has 0 aliphatic carbocycles. The third-order valence-electron chi connectivity index (χ3n) is 3.45. The summed E-state index contributed by atoms with van der Waals surface area (Å²) in [5.74, 6) is -0.637. The van der Waals surface area contributed by atoms with Crippen LogP contribution >= 0.6 is 0 Å². The van der Waals surface area contributed by atoms with E-state index >= 15 is 0 Å². The number of aliphatic carboxylic acids is 1. The molecule has 7 heteroatoms. The summed E-state index contributed by atoms with van der Waals surface area (Å²) in [7, 11) is -3.52. The van der Waals surface area contributed by atoms with E-state index in [1.165, 1.54) is 12.1 Å². The number of sulfonamides is 1. The van der Waals surface area contributed by atoms with E-state index in [1.54, 1.807) is 12.1 Å². The first-order chi connectivity index (χ1) is 9.97. The highest BCUT2D eigenvalue weighted by molar-refractivity contribution is 7.89. The lowest BCUT2D eigenvalue weighted by Gasteiger charge is -2.10. The van der Waals surface area contributed by atoms with Gasteiger partial charge >= 0.3 is 5.97 Å². The van der Waals surface area contributed by atoms with E-state index in [0.29, 0.717) is 26.2 Å². The minimum Gasteiger partial charge on any atom is -0.481 e. The lowest BCUT2D eigenvalue weighted by molar-refractivity contribution is -0.136. The molecule has 0 radical (unpaired) electrons. The zero-order valence-corrected chi connectivity index (χ0v) is 12.4. The maximum Gasteiger partial charge on any atom is 0.303 e. The third kappa shape index (κ3) is 4.80. The topological polar surface area (TPSA) is 92.7 Å². The van der Waals surface area contributed by atoms with Crippen LogP contribution in [0.2, 0.25) is 0 Å². The lowest BCUT2D eigenvalue weighted by Crippen LogP contribution is -2.29. The van der Waals surface area contributed by atoms with Crippen molar-refractivity contribution < 1.29 is 23.1 Å². The van der Waals surface area contributed by atoms with Crippen LogP contribution in [-0.2, 0) is 26.0 Å². The van der Waals surface area contributed by atoms with Crippen molar-refractivity contribution >= 4 is 16.0 Å². The number of nitrogens with one attached hydrogen (secondary N) is 1. The van der Waals surface area contributed by atoms with Crippen LogP contribution < -0.4 is 4.72 Å². The Kier molecular flexibility index (Phi) is 5.33. The van der Waals surface area contributed by atoms with Gasteiger partial charge in [0.15, 0.2) is 0 Å². The zero-order valence-electron chi connectivity index (χ0n) is 11.6. The molecule has 2 rings (SSSR count). The Morgan fingerprint density at radius 3 is 2.62 bits per heavy atom. The molecule has 1 unspecified atom stereocenters. The van der Waals surface area contributed by atoms with Gasteiger partial charge in [-0.15, -0.1) is 0 Å². The number of carboxylic acids is 1. The summed E-state index contributed by atoms with van der Waals surface area (Å²) >= 11 is 0. The van der Waals surface area contributed by atoms with Gasteiger partial charge in [-0.05, 0) is 36.5 Å². The number of benzene rings is 1. The largest absolute Gasteiger partial charge is 0.481 e. The summed E-state index contributed by atoms with van der Waals surface area (Å²) < 4.78 is 32.0. The molecule has 1 saturated heterocycles. The van der Waals surface area contributed by atoms with Crippen LogP contribution in [0.25, 0.3) is 0 Å². The van der Waals surface area contributed by atoms with E-state index in [9.17, 15) is 13.2 Å². The van der Waals surface area contributed by atoms with Crippen molar-refractivity contribution in [3.63, 3.8) is 0 Å². The molecule has 1 atom stereocenters. The van der Waals surface area contributed by atoms with Crippen molar-refractivity contribution in [1.29, 1.82) is 0 Å². The molecule has 1 heterocycles. The quantitative estimate of drug-likeness (QED) is 0.784. The van der Waals surface area contributed by atoms with E-state index in [1.807, 2.05) is 0 Å². The Morgan fingerprint density at radius 1 is 1.33 bits per heavy atom. The molecule has 0 amide bonds. The normalized spacial score (nSPS) is 18.8. The van der Waals surface area contributed by atoms with Crippen molar-refractivity contribution in [2.45, 2.75) is 24.2 Å². The van der Waals surface area contributed by atoms with E-state index < -0.39 is 16.0 Å². The summed E-state index contributed by atoms with van der Waals surface area (Å²) in [6.45, 7) is 1.66. The Balaban J connectivity index is 1.94. The van der Waals surface area contributed by atoms with Crippen molar-refractivity contribution in [1.82, 2.24) is 4.72 Å². The fraction of sp³-hybridized carbons (Fsp3) is 0.500. The monoisotopic (exact) mass is 313 g/mol. The number of carboxylic acid groups (broad SMARTS) is 1. The minimum absolute atomic E-state index is 0.0338. The Labute approximate surface area is 124 Å². The summed E-state index contributed by atoms with van der Waals surface area (Å²) in [5, 5.41) is 8.62. The number of hydrogen-bond donors (Lipinski definition) is 2. The molecule has 1 aliphatic rings. The average Bonchev–Trinajstić information content (AvgIpc) is 2.97. The number of aryl methyl sites for hydroxylation is 1. The van der Waals surface area contributed by atoms with Crippen LogP contribution in [0.5, 0.6) is 0 Å². The number of hydrogen-bond acceptors (Lipinski definition) is 4. The molecule has 6 nitrogen and oxygen atoms in total. The first-order valence-corrected chi connectivity index (χ1v) is 8.34. The van der Waals surface area contributed by atoms with Crippen LogP contribution in [0.3, 0.4) is 0 Å². The van der Waals surface area contributed by atoms with E-state index in [2.05, 4.69) is 4.72 Å². The van der Waals surface area contributed by atoms with Crippen LogP contribution in [0.15, 0.2) is 29.2 Å². The molecule has 0 bridgehead atoms. The molecular weight excluding hydrogens is 294 g/mol. The van der Waals surface area contributed by atoms with Gasteiger partial charge in [0.05, 0.1) is 11.5 Å². The highest BCUT2D eigenvalue weighted by Gasteiger charge is 2.20. The Hall–Kier alpha value is -1.44. The van der Waals surface area contributed by atoms with Crippen LogP contribution in [-0.4, -0.2) is 39.3 Å². The lowest BCUT2D eigenvalue weighted by atomic mass is 10.1. The molecule has 1 fully saturated rings. The average molecular weight is 313 g/mol. The molecule has 0 spiro atoms. The third-order valence-corrected chi connectivity index (χ3v) is 4.89. The Bertz CT molecular complexity index is 576. The first-order valence-electron chi connectivity index (χ1n) is 6.85. The summed E-state index contributed by atoms with van der Waals surface area (Å²) in [6, 6.07) is 6.31. The molecular formula is C14H19NO5S. The first kappa shape index (κ1) is 15.9. The van der Waals surface area contributed by atoms with Crippen LogP contribution in [0.4, 0.5) is 0 Å². The highest BCUT2D eigenvalue weighted by Crippen LogP contribution is 2.15. The highest BCUT2D eigenvalue weighted by atomic mass is 32.2. The second-order valence-corrected chi connectivity index (χ2v) is 6.89. The van der Waals surface area contributed by atoms with Crippen LogP contribution in [0, 0.1) is 5.92 Å². The van der Waals surface area contributed by atoms with Crippen molar-refractivity contribution in [3.05, 3.63) is 29.8 Å². The second-order valence-electron chi connectivity index (χ2n) is 5.12. The van der Waals surface area contributed by atoms with Gasteiger partial charge in [-0.2, -0.15) is 0 Å². The summed E-state index contributed by atoms with van der Waals surface area (Å²) in [6.07, 6.45) is 1.30. The molecule has 1 aliphatic heterocycles. The standard InChI is InChI=1S/C14H19NO5S/c16-14(17)6-3-11-1-4-13(5-2-11)21(18,19)15-9-12-7-8-20-10-12/h1-2,4-5,12,15H,3,6-10H2,(H,16,17). The van der Waals surface area contributed by atoms with Gasteiger partial charge in [0.25, 0.3) is 0 Å². The number of rotatable bonds is 7. The fourth-order valence-electron chi connectivity index (χ4n) is 2.14. The zero-order chi connectivity index (χ0) is 15.3. The van der Waals surface area contributed by atoms with Crippen molar-refractivity contribution in [2.24, 2.45) is 5.92 Å². The molecule has 0 aromatic heterocycles. The molecule has 116 valence electrons. The fourth-order valence-corrected chi connectivity index (χ4v) is 3.26. The van der Waals surface area contributed by atoms with E-state index in [4.69, 9.17) is 9.84 Å². The van der Waals surface area contributed by atoms with E-state index in [0.717, 1.165) is 12.0 Å². The van der Waals surface area contributed by atoms with Gasteiger partial charge in [0.2, 0.25) is 10.0 Å². The number of ether oxygens (including phenoxy) is 1. The van der Waals surface area contributed by atoms with Crippen molar-refractivity contribution in [2.75, 3.05) is 19.8 Å². The molecule has 1 aromatic rings. The van der Waals surface area contributed by atoms with Gasteiger partial charge in [0, 0.05) is 19.6 Å². The molecule has 0 saturated carbocycles. The Morgan fingerprint density at radius 2 is 2.05 bits per heavy atom. The predicted octanol–water partition coefficient (Wildman–Crippen LogP) is 1.02. The van der Waals surface area contributed by atoms with Gasteiger partial charge in [-0.3, -0.25) is 4.79 Å². The van der Waals surface area contributed by atoms with Gasteiger partial charge in [-0.1, -0.05) is 12.1 Å². The molecule has 1 aromatic carbocycles. The smallest absolute Gasteiger partial charge is 0.303 e. The SMILES string of the molecule is O=C(O)CCc1ccc(S(=O)(=O)NCC2CCOC2)cc1. The number of carbonyl (C=O) groups is 1. The molecule has 21 heavy (non-hydrogen) atoms. The van der Waals surface area contributed by atoms with Gasteiger partial charge in [-0.25, -0.2) is 13.1 Å². The molecule has 2 N–H and O–H groups in total. The van der Waals surface area contributed by atoms with E-state index in [-0.39, 0.29) is 17.2 Å². The summed E-state index contributed by atoms with van der Waals surface area (Å²) in [4.78, 5) is 10.7. The predicted molar refractivity (Wildman–Crippen MR) is 76.5 cm³/mol. The second kappa shape index (κ2) is 7.02. The minimum atomic E-state index is -3.52. The maximum absolute atomic E-state index is 12.1. The van der Waals surface area contributed by atoms with Crippen LogP contribution in [0.1, 0.15) is 18.4 Å². The van der Waals surface area contributed by atoms with Crippen molar-refractivity contribution in [3.8, 4) is 0 Å². The summed E-state index contributed by atoms with van der Waals surface area (Å²) in [5.41, 5.74) is 0.806. The van der Waals surface area contributed by atoms with Gasteiger partial charge in [0.1, 0.15) is 0 Å². The van der Waals surface area contributed by atoms with Gasteiger partial charge < -0.3 is 9.84 Å². The maximum atomic E-state index is 12.1.